The van der Waals surface area contributed by atoms with Crippen LogP contribution in [-0.4, -0.2) is 41.0 Å². The molecule has 1 aromatic rings. The lowest BCUT2D eigenvalue weighted by atomic mass is 10.2. The van der Waals surface area contributed by atoms with Crippen LogP contribution in [-0.2, 0) is 20.9 Å². The van der Waals surface area contributed by atoms with Gasteiger partial charge in [0.25, 0.3) is 5.56 Å². The van der Waals surface area contributed by atoms with Crippen molar-refractivity contribution >= 4 is 11.9 Å². The van der Waals surface area contributed by atoms with Crippen LogP contribution in [0.5, 0.6) is 0 Å². The number of hydrogen-bond acceptors (Lipinski definition) is 4. The Morgan fingerprint density at radius 1 is 1.40 bits per heavy atom. The molecule has 20 heavy (non-hydrogen) atoms. The minimum Gasteiger partial charge on any atom is -0.467 e. The topological polar surface area (TPSA) is 68.6 Å². The van der Waals surface area contributed by atoms with Crippen LogP contribution in [0.3, 0.4) is 0 Å². The molecule has 1 amide bonds. The van der Waals surface area contributed by atoms with E-state index < -0.39 is 6.04 Å². The van der Waals surface area contributed by atoms with E-state index in [1.165, 1.54) is 17.7 Å². The summed E-state index contributed by atoms with van der Waals surface area (Å²) in [5, 5.41) is 0. The van der Waals surface area contributed by atoms with Gasteiger partial charge in [-0.05, 0) is 18.9 Å². The number of pyridine rings is 1. The minimum atomic E-state index is -0.472. The fourth-order valence-electron chi connectivity index (χ4n) is 2.45. The zero-order chi connectivity index (χ0) is 14.5. The number of aryl methyl sites for hydroxylation is 1. The van der Waals surface area contributed by atoms with Gasteiger partial charge in [0.1, 0.15) is 6.04 Å². The Hall–Kier alpha value is -2.11. The molecular weight excluding hydrogens is 260 g/mol. The van der Waals surface area contributed by atoms with Crippen molar-refractivity contribution in [3.63, 3.8) is 0 Å². The van der Waals surface area contributed by atoms with Crippen LogP contribution in [0.15, 0.2) is 29.2 Å². The molecule has 1 unspecified atom stereocenters. The fourth-order valence-corrected chi connectivity index (χ4v) is 2.45. The van der Waals surface area contributed by atoms with E-state index in [4.69, 9.17) is 4.74 Å². The first-order valence-corrected chi connectivity index (χ1v) is 6.66. The molecule has 1 saturated heterocycles. The summed E-state index contributed by atoms with van der Waals surface area (Å²) in [6.45, 7) is 0.894. The molecule has 6 heteroatoms. The van der Waals surface area contributed by atoms with Gasteiger partial charge in [0, 0.05) is 31.8 Å². The first-order chi connectivity index (χ1) is 9.63. The number of methoxy groups -OCH3 is 1. The summed E-state index contributed by atoms with van der Waals surface area (Å²) in [6.07, 6.45) is 3.30. The van der Waals surface area contributed by atoms with E-state index >= 15 is 0 Å². The Bertz CT molecular complexity index is 552. The maximum Gasteiger partial charge on any atom is 0.328 e. The molecule has 0 bridgehead atoms. The van der Waals surface area contributed by atoms with Crippen LogP contribution in [0.4, 0.5) is 0 Å². The van der Waals surface area contributed by atoms with Crippen LogP contribution >= 0.6 is 0 Å². The van der Waals surface area contributed by atoms with Gasteiger partial charge in [-0.2, -0.15) is 0 Å². The number of carbonyl (C=O) groups excluding carboxylic acids is 2. The van der Waals surface area contributed by atoms with Gasteiger partial charge >= 0.3 is 5.97 Å². The third-order valence-corrected chi connectivity index (χ3v) is 3.51. The molecule has 0 spiro atoms. The summed E-state index contributed by atoms with van der Waals surface area (Å²) in [5.74, 6) is -0.485. The highest BCUT2D eigenvalue weighted by atomic mass is 16.5. The maximum atomic E-state index is 12.2. The van der Waals surface area contributed by atoms with Crippen LogP contribution in [0, 0.1) is 0 Å². The molecule has 0 saturated carbocycles. The predicted molar refractivity (Wildman–Crippen MR) is 72.1 cm³/mol. The zero-order valence-electron chi connectivity index (χ0n) is 11.4. The van der Waals surface area contributed by atoms with Crippen molar-refractivity contribution in [1.29, 1.82) is 0 Å². The quantitative estimate of drug-likeness (QED) is 0.748. The van der Waals surface area contributed by atoms with Crippen LogP contribution in [0.2, 0.25) is 0 Å². The molecule has 6 nitrogen and oxygen atoms in total. The molecule has 108 valence electrons. The van der Waals surface area contributed by atoms with Gasteiger partial charge in [0.2, 0.25) is 5.91 Å². The number of amides is 1. The number of ether oxygens (including phenoxy) is 1. The van der Waals surface area contributed by atoms with E-state index in [2.05, 4.69) is 0 Å². The second kappa shape index (κ2) is 6.36. The lowest BCUT2D eigenvalue weighted by molar-refractivity contribution is -0.151. The first-order valence-electron chi connectivity index (χ1n) is 6.66. The Kier molecular flexibility index (Phi) is 4.55. The normalized spacial score (nSPS) is 18.1. The number of likely N-dealkylation sites (tertiary alicyclic amines) is 1. The molecule has 0 aliphatic carbocycles. The third kappa shape index (κ3) is 3.07. The maximum absolute atomic E-state index is 12.2. The van der Waals surface area contributed by atoms with E-state index in [1.54, 1.807) is 23.2 Å². The zero-order valence-corrected chi connectivity index (χ0v) is 11.4. The first kappa shape index (κ1) is 14.3. The highest BCUT2D eigenvalue weighted by molar-refractivity contribution is 5.85. The van der Waals surface area contributed by atoms with Gasteiger partial charge in [-0.15, -0.1) is 0 Å². The standard InChI is InChI=1S/C14H18N2O4/c1-20-14(19)11-5-4-9-16(11)13(18)7-10-15-8-3-2-6-12(15)17/h2-3,6,8,11H,4-5,7,9-10H2,1H3. The molecular formula is C14H18N2O4. The number of nitrogens with zero attached hydrogens (tertiary/aromatic N) is 2. The van der Waals surface area contributed by atoms with E-state index in [0.717, 1.165) is 6.42 Å². The van der Waals surface area contributed by atoms with E-state index in [9.17, 15) is 14.4 Å². The summed E-state index contributed by atoms with van der Waals surface area (Å²) >= 11 is 0. The van der Waals surface area contributed by atoms with Crippen LogP contribution in [0.1, 0.15) is 19.3 Å². The van der Waals surface area contributed by atoms with Crippen molar-refractivity contribution in [3.05, 3.63) is 34.7 Å². The van der Waals surface area contributed by atoms with Gasteiger partial charge in [0.05, 0.1) is 7.11 Å². The van der Waals surface area contributed by atoms with Gasteiger partial charge in [-0.25, -0.2) is 4.79 Å². The summed E-state index contributed by atoms with van der Waals surface area (Å²) in [7, 11) is 1.33. The average Bonchev–Trinajstić information content (AvgIpc) is 2.94. The Labute approximate surface area is 116 Å². The molecule has 1 aliphatic rings. The third-order valence-electron chi connectivity index (χ3n) is 3.51. The molecule has 0 aromatic carbocycles. The van der Waals surface area contributed by atoms with E-state index in [0.29, 0.717) is 19.5 Å². The second-order valence-electron chi connectivity index (χ2n) is 4.75. The summed E-state index contributed by atoms with van der Waals surface area (Å²) in [4.78, 5) is 36.8. The van der Waals surface area contributed by atoms with Crippen molar-refractivity contribution in [2.75, 3.05) is 13.7 Å². The van der Waals surface area contributed by atoms with Crippen LogP contribution in [0.25, 0.3) is 0 Å². The van der Waals surface area contributed by atoms with Gasteiger partial charge < -0.3 is 14.2 Å². The van der Waals surface area contributed by atoms with Crippen molar-refractivity contribution < 1.29 is 14.3 Å². The summed E-state index contributed by atoms with van der Waals surface area (Å²) < 4.78 is 6.20. The van der Waals surface area contributed by atoms with E-state index in [-0.39, 0.29) is 23.9 Å². The predicted octanol–water partition coefficient (Wildman–Crippen LogP) is 0.402. The van der Waals surface area contributed by atoms with Crippen molar-refractivity contribution in [1.82, 2.24) is 9.47 Å². The monoisotopic (exact) mass is 278 g/mol. The number of hydrogen-bond donors (Lipinski definition) is 0. The molecule has 2 rings (SSSR count). The molecule has 1 aromatic heterocycles. The lowest BCUT2D eigenvalue weighted by Gasteiger charge is -2.22. The molecule has 1 atom stereocenters. The smallest absolute Gasteiger partial charge is 0.328 e. The fraction of sp³-hybridized carbons (Fsp3) is 0.500. The SMILES string of the molecule is COC(=O)C1CCCN1C(=O)CCn1ccccc1=O. The van der Waals surface area contributed by atoms with Gasteiger partial charge in [-0.1, -0.05) is 6.07 Å². The second-order valence-corrected chi connectivity index (χ2v) is 4.75. The highest BCUT2D eigenvalue weighted by Crippen LogP contribution is 2.19. The molecule has 2 heterocycles. The molecule has 0 radical (unpaired) electrons. The van der Waals surface area contributed by atoms with Crippen LogP contribution < -0.4 is 5.56 Å². The molecule has 1 fully saturated rings. The van der Waals surface area contributed by atoms with Gasteiger partial charge in [-0.3, -0.25) is 9.59 Å². The summed E-state index contributed by atoms with van der Waals surface area (Å²) in [5.41, 5.74) is -0.133. The van der Waals surface area contributed by atoms with Gasteiger partial charge in [0.15, 0.2) is 0 Å². The molecule has 1 aliphatic heterocycles. The van der Waals surface area contributed by atoms with E-state index in [1.807, 2.05) is 0 Å². The average molecular weight is 278 g/mol. The highest BCUT2D eigenvalue weighted by Gasteiger charge is 2.34. The Morgan fingerprint density at radius 3 is 2.90 bits per heavy atom. The largest absolute Gasteiger partial charge is 0.467 e. The lowest BCUT2D eigenvalue weighted by Crippen LogP contribution is -2.41. The Morgan fingerprint density at radius 2 is 2.20 bits per heavy atom. The number of carbonyl (C=O) groups is 2. The number of esters is 1. The van der Waals surface area contributed by atoms with Crippen molar-refractivity contribution in [2.24, 2.45) is 0 Å². The number of rotatable bonds is 4. The minimum absolute atomic E-state index is 0.117. The Balaban J connectivity index is 1.96. The summed E-state index contributed by atoms with van der Waals surface area (Å²) in [6, 6.07) is 4.39. The molecule has 0 N–H and O–H groups in total. The van der Waals surface area contributed by atoms with Crippen molar-refractivity contribution in [2.45, 2.75) is 31.8 Å². The van der Waals surface area contributed by atoms with Crippen molar-refractivity contribution in [3.8, 4) is 0 Å². The number of aromatic nitrogens is 1.